The molecule has 20 heavy (non-hydrogen) atoms. The van der Waals surface area contributed by atoms with Gasteiger partial charge >= 0.3 is 0 Å². The number of carbonyl (C=O) groups is 1. The molecule has 0 unspecified atom stereocenters. The largest absolute Gasteiger partial charge is 0.348 e. The molecule has 1 heterocycles. The Morgan fingerprint density at radius 1 is 1.35 bits per heavy atom. The number of nitrogens with one attached hydrogen (secondary N) is 2. The average Bonchev–Trinajstić information content (AvgIpc) is 2.41. The van der Waals surface area contributed by atoms with Crippen molar-refractivity contribution in [2.75, 3.05) is 19.6 Å². The third-order valence-corrected chi connectivity index (χ3v) is 3.78. The standard InChI is InChI=1S/C13H13F2IN2O.ClH/c14-10-5-9(12(16)6-11(10)15)13(19)18-7-8-1-3-17-4-2-8;/h1,5-6,17H,2-4,7H2,(H,18,19);1H. The second-order valence-electron chi connectivity index (χ2n) is 4.25. The van der Waals surface area contributed by atoms with Crippen molar-refractivity contribution in [2.45, 2.75) is 6.42 Å². The van der Waals surface area contributed by atoms with Gasteiger partial charge in [0.15, 0.2) is 11.6 Å². The summed E-state index contributed by atoms with van der Waals surface area (Å²) in [5, 5.41) is 5.90. The van der Waals surface area contributed by atoms with Gasteiger partial charge in [-0.05, 0) is 47.7 Å². The van der Waals surface area contributed by atoms with Crippen molar-refractivity contribution in [1.82, 2.24) is 10.6 Å². The number of halogens is 4. The molecule has 3 nitrogen and oxygen atoms in total. The van der Waals surface area contributed by atoms with Crippen LogP contribution in [0.1, 0.15) is 16.8 Å². The van der Waals surface area contributed by atoms with Gasteiger partial charge in [0, 0.05) is 16.7 Å². The lowest BCUT2D eigenvalue weighted by molar-refractivity contribution is 0.0955. The zero-order valence-corrected chi connectivity index (χ0v) is 13.5. The van der Waals surface area contributed by atoms with Gasteiger partial charge in [-0.2, -0.15) is 0 Å². The molecular formula is C13H14ClF2IN2O. The van der Waals surface area contributed by atoms with Gasteiger partial charge in [-0.1, -0.05) is 11.6 Å². The van der Waals surface area contributed by atoms with E-state index in [2.05, 4.69) is 10.6 Å². The Labute approximate surface area is 135 Å². The van der Waals surface area contributed by atoms with Crippen molar-refractivity contribution >= 4 is 40.9 Å². The molecule has 1 amide bonds. The van der Waals surface area contributed by atoms with Crippen LogP contribution in [0.4, 0.5) is 8.78 Å². The van der Waals surface area contributed by atoms with Crippen LogP contribution in [0.25, 0.3) is 0 Å². The van der Waals surface area contributed by atoms with E-state index in [-0.39, 0.29) is 23.9 Å². The van der Waals surface area contributed by atoms with Crippen LogP contribution in [-0.2, 0) is 0 Å². The normalized spacial score (nSPS) is 14.2. The molecular weight excluding hydrogens is 401 g/mol. The highest BCUT2D eigenvalue weighted by Crippen LogP contribution is 2.17. The van der Waals surface area contributed by atoms with Crippen molar-refractivity contribution in [1.29, 1.82) is 0 Å². The van der Waals surface area contributed by atoms with E-state index in [0.717, 1.165) is 37.2 Å². The van der Waals surface area contributed by atoms with Gasteiger partial charge in [0.1, 0.15) is 0 Å². The molecule has 1 aromatic rings. The molecule has 1 aliphatic rings. The molecule has 0 aromatic heterocycles. The Balaban J connectivity index is 0.00000200. The summed E-state index contributed by atoms with van der Waals surface area (Å²) in [6.07, 6.45) is 2.91. The van der Waals surface area contributed by atoms with E-state index in [9.17, 15) is 13.6 Å². The number of benzene rings is 1. The molecule has 0 fully saturated rings. The van der Waals surface area contributed by atoms with E-state index >= 15 is 0 Å². The molecule has 2 N–H and O–H groups in total. The van der Waals surface area contributed by atoms with Gasteiger partial charge in [-0.25, -0.2) is 8.78 Å². The van der Waals surface area contributed by atoms with E-state index in [0.29, 0.717) is 10.1 Å². The van der Waals surface area contributed by atoms with Crippen molar-refractivity contribution < 1.29 is 13.6 Å². The number of hydrogen-bond donors (Lipinski definition) is 2. The maximum absolute atomic E-state index is 13.1. The topological polar surface area (TPSA) is 41.1 Å². The SMILES string of the molecule is Cl.O=C(NCC1=CCNCC1)c1cc(F)c(F)cc1I. The Morgan fingerprint density at radius 3 is 2.70 bits per heavy atom. The Kier molecular flexibility index (Phi) is 6.84. The molecule has 0 saturated carbocycles. The Bertz CT molecular complexity index is 537. The summed E-state index contributed by atoms with van der Waals surface area (Å²) in [7, 11) is 0. The highest BCUT2D eigenvalue weighted by atomic mass is 127. The molecule has 7 heteroatoms. The summed E-state index contributed by atoms with van der Waals surface area (Å²) in [5.41, 5.74) is 1.30. The molecule has 0 aliphatic carbocycles. The van der Waals surface area contributed by atoms with Gasteiger partial charge in [-0.15, -0.1) is 12.4 Å². The van der Waals surface area contributed by atoms with Crippen molar-refractivity contribution in [3.63, 3.8) is 0 Å². The van der Waals surface area contributed by atoms with Crippen molar-refractivity contribution in [3.8, 4) is 0 Å². The van der Waals surface area contributed by atoms with E-state index in [1.807, 2.05) is 28.7 Å². The Hall–Kier alpha value is -0.730. The first kappa shape index (κ1) is 17.3. The lowest BCUT2D eigenvalue weighted by Crippen LogP contribution is -2.30. The zero-order valence-electron chi connectivity index (χ0n) is 10.5. The predicted octanol–water partition coefficient (Wildman–Crippen LogP) is 2.64. The minimum Gasteiger partial charge on any atom is -0.348 e. The molecule has 0 atom stereocenters. The van der Waals surface area contributed by atoms with Crippen LogP contribution >= 0.6 is 35.0 Å². The van der Waals surface area contributed by atoms with Crippen LogP contribution < -0.4 is 10.6 Å². The zero-order chi connectivity index (χ0) is 13.8. The van der Waals surface area contributed by atoms with Crippen LogP contribution in [0.5, 0.6) is 0 Å². The van der Waals surface area contributed by atoms with Crippen molar-refractivity contribution in [3.05, 3.63) is 44.5 Å². The highest BCUT2D eigenvalue weighted by molar-refractivity contribution is 14.1. The summed E-state index contributed by atoms with van der Waals surface area (Å²) in [6, 6.07) is 1.96. The smallest absolute Gasteiger partial charge is 0.252 e. The third-order valence-electron chi connectivity index (χ3n) is 2.89. The molecule has 0 saturated heterocycles. The number of amides is 1. The fraction of sp³-hybridized carbons (Fsp3) is 0.308. The van der Waals surface area contributed by atoms with Crippen molar-refractivity contribution in [2.24, 2.45) is 0 Å². The first-order valence-corrected chi connectivity index (χ1v) is 6.97. The lowest BCUT2D eigenvalue weighted by atomic mass is 10.1. The second kappa shape index (κ2) is 7.90. The quantitative estimate of drug-likeness (QED) is 0.454. The van der Waals surface area contributed by atoms with E-state index in [4.69, 9.17) is 0 Å². The third kappa shape index (κ3) is 4.39. The van der Waals surface area contributed by atoms with Gasteiger partial charge < -0.3 is 10.6 Å². The molecule has 0 radical (unpaired) electrons. The molecule has 0 bridgehead atoms. The first-order chi connectivity index (χ1) is 9.08. The minimum atomic E-state index is -1.01. The van der Waals surface area contributed by atoms with Gasteiger partial charge in [0.25, 0.3) is 5.91 Å². The summed E-state index contributed by atoms with van der Waals surface area (Å²) in [5.74, 6) is -2.34. The number of rotatable bonds is 3. The molecule has 110 valence electrons. The van der Waals surface area contributed by atoms with Crippen LogP contribution in [0, 0.1) is 15.2 Å². The molecule has 1 aliphatic heterocycles. The summed E-state index contributed by atoms with van der Waals surface area (Å²) in [6.45, 7) is 2.13. The lowest BCUT2D eigenvalue weighted by Gasteiger charge is -2.15. The maximum atomic E-state index is 13.1. The summed E-state index contributed by atoms with van der Waals surface area (Å²) in [4.78, 5) is 11.9. The average molecular weight is 415 g/mol. The fourth-order valence-electron chi connectivity index (χ4n) is 1.82. The summed E-state index contributed by atoms with van der Waals surface area (Å²) >= 11 is 1.82. The first-order valence-electron chi connectivity index (χ1n) is 5.89. The predicted molar refractivity (Wildman–Crippen MR) is 84.2 cm³/mol. The van der Waals surface area contributed by atoms with E-state index < -0.39 is 11.6 Å². The van der Waals surface area contributed by atoms with Crippen LogP contribution in [0.3, 0.4) is 0 Å². The van der Waals surface area contributed by atoms with E-state index in [1.54, 1.807) is 0 Å². The molecule has 1 aromatic carbocycles. The van der Waals surface area contributed by atoms with Gasteiger partial charge in [0.2, 0.25) is 0 Å². The number of carbonyl (C=O) groups excluding carboxylic acids is 1. The fourth-order valence-corrected chi connectivity index (χ4v) is 2.49. The minimum absolute atomic E-state index is 0. The molecule has 2 rings (SSSR count). The van der Waals surface area contributed by atoms with Gasteiger partial charge in [-0.3, -0.25) is 4.79 Å². The van der Waals surface area contributed by atoms with Crippen LogP contribution in [0.2, 0.25) is 0 Å². The van der Waals surface area contributed by atoms with Gasteiger partial charge in [0.05, 0.1) is 5.56 Å². The second-order valence-corrected chi connectivity index (χ2v) is 5.41. The van der Waals surface area contributed by atoms with Crippen LogP contribution in [0.15, 0.2) is 23.8 Å². The summed E-state index contributed by atoms with van der Waals surface area (Å²) < 4.78 is 26.5. The molecule has 0 spiro atoms. The monoisotopic (exact) mass is 414 g/mol. The Morgan fingerprint density at radius 2 is 2.05 bits per heavy atom. The van der Waals surface area contributed by atoms with E-state index in [1.165, 1.54) is 0 Å². The number of hydrogen-bond acceptors (Lipinski definition) is 2. The maximum Gasteiger partial charge on any atom is 0.252 e. The highest BCUT2D eigenvalue weighted by Gasteiger charge is 2.15. The van der Waals surface area contributed by atoms with Crippen LogP contribution in [-0.4, -0.2) is 25.5 Å².